The molecule has 0 bridgehead atoms. The molecule has 5 heteroatoms. The number of unbranched alkanes of at least 4 members (excludes halogenated alkanes) is 2. The Labute approximate surface area is 137 Å². The zero-order chi connectivity index (χ0) is 15.0. The topological polar surface area (TPSA) is 15.3 Å². The van der Waals surface area contributed by atoms with Crippen LogP contribution in [0.3, 0.4) is 0 Å². The molecule has 20 heavy (non-hydrogen) atoms. The molecule has 0 amide bonds. The predicted octanol–water partition coefficient (Wildman–Crippen LogP) is 5.59. The third-order valence-electron chi connectivity index (χ3n) is 3.02. The van der Waals surface area contributed by atoms with Gasteiger partial charge in [-0.2, -0.15) is 0 Å². The maximum atomic E-state index is 6.16. The second kappa shape index (κ2) is 9.43. The molecule has 0 aliphatic heterocycles. The highest BCUT2D eigenvalue weighted by molar-refractivity contribution is 7.80. The number of rotatable bonds is 7. The van der Waals surface area contributed by atoms with Gasteiger partial charge in [-0.1, -0.05) is 49.9 Å². The molecule has 1 aromatic rings. The molecule has 0 spiro atoms. The Morgan fingerprint density at radius 2 is 1.75 bits per heavy atom. The van der Waals surface area contributed by atoms with Crippen molar-refractivity contribution in [2.45, 2.75) is 39.5 Å². The summed E-state index contributed by atoms with van der Waals surface area (Å²) in [6.07, 6.45) is 4.60. The fourth-order valence-corrected chi connectivity index (χ4v) is 2.55. The van der Waals surface area contributed by atoms with Crippen LogP contribution in [0.15, 0.2) is 18.2 Å². The first-order valence-electron chi connectivity index (χ1n) is 7.09. The molecule has 0 saturated carbocycles. The second-order valence-electron chi connectivity index (χ2n) is 4.75. The van der Waals surface area contributed by atoms with Gasteiger partial charge in [0.25, 0.3) is 0 Å². The van der Waals surface area contributed by atoms with Crippen LogP contribution in [-0.2, 0) is 0 Å². The largest absolute Gasteiger partial charge is 0.349 e. The Morgan fingerprint density at radius 1 is 1.15 bits per heavy atom. The van der Waals surface area contributed by atoms with Gasteiger partial charge < -0.3 is 10.2 Å². The van der Waals surface area contributed by atoms with E-state index in [1.807, 2.05) is 6.07 Å². The van der Waals surface area contributed by atoms with E-state index in [0.29, 0.717) is 10.0 Å². The first-order valence-corrected chi connectivity index (χ1v) is 8.25. The lowest BCUT2D eigenvalue weighted by Crippen LogP contribution is -2.36. The molecule has 1 N–H and O–H groups in total. The van der Waals surface area contributed by atoms with Crippen LogP contribution < -0.4 is 5.32 Å². The molecule has 0 aromatic heterocycles. The molecule has 2 nitrogen and oxygen atoms in total. The molecule has 0 radical (unpaired) electrons. The maximum Gasteiger partial charge on any atom is 0.173 e. The zero-order valence-corrected chi connectivity index (χ0v) is 14.4. The van der Waals surface area contributed by atoms with Gasteiger partial charge in [0.2, 0.25) is 0 Å². The number of nitrogens with one attached hydrogen (secondary N) is 1. The molecule has 0 heterocycles. The highest BCUT2D eigenvalue weighted by atomic mass is 35.5. The number of thiocarbonyl (C=S) groups is 1. The van der Waals surface area contributed by atoms with Gasteiger partial charge in [-0.15, -0.1) is 0 Å². The zero-order valence-electron chi connectivity index (χ0n) is 12.1. The summed E-state index contributed by atoms with van der Waals surface area (Å²) in [5, 5.41) is 5.17. The highest BCUT2D eigenvalue weighted by Gasteiger charge is 2.10. The van der Waals surface area contributed by atoms with Crippen molar-refractivity contribution in [3.05, 3.63) is 28.2 Å². The van der Waals surface area contributed by atoms with E-state index in [1.54, 1.807) is 12.1 Å². The Balaban J connectivity index is 2.68. The van der Waals surface area contributed by atoms with Crippen molar-refractivity contribution < 1.29 is 0 Å². The summed E-state index contributed by atoms with van der Waals surface area (Å²) in [5.41, 5.74) is 0.805. The number of hydrogen-bond donors (Lipinski definition) is 1. The standard InChI is InChI=1S/C15H22Cl2N2S/c1-3-5-9-19(10-6-4-2)15(20)18-14-8-7-12(16)11-13(14)17/h7-8,11H,3-6,9-10H2,1-2H3,(H,18,20). The predicted molar refractivity (Wildman–Crippen MR) is 94.1 cm³/mol. The van der Waals surface area contributed by atoms with Gasteiger partial charge in [0.15, 0.2) is 5.11 Å². The van der Waals surface area contributed by atoms with Gasteiger partial charge in [0.1, 0.15) is 0 Å². The van der Waals surface area contributed by atoms with Crippen LogP contribution in [0.4, 0.5) is 5.69 Å². The molecular formula is C15H22Cl2N2S. The van der Waals surface area contributed by atoms with Crippen molar-refractivity contribution in [2.75, 3.05) is 18.4 Å². The van der Waals surface area contributed by atoms with E-state index in [1.165, 1.54) is 0 Å². The molecule has 1 aromatic carbocycles. The van der Waals surface area contributed by atoms with Crippen LogP contribution in [0.5, 0.6) is 0 Å². The van der Waals surface area contributed by atoms with E-state index in [0.717, 1.165) is 49.6 Å². The Kier molecular flexibility index (Phi) is 8.27. The first kappa shape index (κ1) is 17.5. The number of benzene rings is 1. The van der Waals surface area contributed by atoms with E-state index >= 15 is 0 Å². The summed E-state index contributed by atoms with van der Waals surface area (Å²) in [6, 6.07) is 5.38. The van der Waals surface area contributed by atoms with Crippen molar-refractivity contribution in [1.82, 2.24) is 4.90 Å². The van der Waals surface area contributed by atoms with Gasteiger partial charge in [0.05, 0.1) is 10.7 Å². The fraction of sp³-hybridized carbons (Fsp3) is 0.533. The summed E-state index contributed by atoms with van der Waals surface area (Å²) >= 11 is 17.6. The highest BCUT2D eigenvalue weighted by Crippen LogP contribution is 2.25. The van der Waals surface area contributed by atoms with Crippen molar-refractivity contribution in [3.8, 4) is 0 Å². The summed E-state index contributed by atoms with van der Waals surface area (Å²) in [4.78, 5) is 2.22. The third kappa shape index (κ3) is 5.86. The van der Waals surface area contributed by atoms with E-state index in [-0.39, 0.29) is 0 Å². The van der Waals surface area contributed by atoms with E-state index < -0.39 is 0 Å². The van der Waals surface area contributed by atoms with Crippen LogP contribution in [0.2, 0.25) is 10.0 Å². The SMILES string of the molecule is CCCCN(CCCC)C(=S)Nc1ccc(Cl)cc1Cl. The Bertz CT molecular complexity index is 430. The molecule has 0 unspecified atom stereocenters. The van der Waals surface area contributed by atoms with Crippen molar-refractivity contribution in [3.63, 3.8) is 0 Å². The van der Waals surface area contributed by atoms with Crippen LogP contribution in [0, 0.1) is 0 Å². The summed E-state index contributed by atoms with van der Waals surface area (Å²) in [5.74, 6) is 0. The molecule has 0 saturated heterocycles. The number of halogens is 2. The Morgan fingerprint density at radius 3 is 2.25 bits per heavy atom. The van der Waals surface area contributed by atoms with Crippen molar-refractivity contribution in [1.29, 1.82) is 0 Å². The number of hydrogen-bond acceptors (Lipinski definition) is 1. The van der Waals surface area contributed by atoms with Gasteiger partial charge in [0, 0.05) is 18.1 Å². The summed E-state index contributed by atoms with van der Waals surface area (Å²) in [6.45, 7) is 6.33. The average Bonchev–Trinajstić information content (AvgIpc) is 2.42. The lowest BCUT2D eigenvalue weighted by Gasteiger charge is -2.26. The van der Waals surface area contributed by atoms with E-state index in [9.17, 15) is 0 Å². The van der Waals surface area contributed by atoms with Gasteiger partial charge >= 0.3 is 0 Å². The fourth-order valence-electron chi connectivity index (χ4n) is 1.80. The van der Waals surface area contributed by atoms with Gasteiger partial charge in [-0.3, -0.25) is 0 Å². The minimum absolute atomic E-state index is 0.589. The first-order chi connectivity index (χ1) is 9.58. The van der Waals surface area contributed by atoms with E-state index in [2.05, 4.69) is 24.1 Å². The lowest BCUT2D eigenvalue weighted by atomic mass is 10.2. The minimum atomic E-state index is 0.589. The monoisotopic (exact) mass is 332 g/mol. The van der Waals surface area contributed by atoms with Crippen LogP contribution in [-0.4, -0.2) is 23.1 Å². The number of anilines is 1. The molecular weight excluding hydrogens is 311 g/mol. The molecule has 0 atom stereocenters. The summed E-state index contributed by atoms with van der Waals surface area (Å²) in [7, 11) is 0. The van der Waals surface area contributed by atoms with Crippen LogP contribution >= 0.6 is 35.4 Å². The molecule has 0 aliphatic carbocycles. The Hall–Kier alpha value is -0.510. The van der Waals surface area contributed by atoms with Gasteiger partial charge in [-0.05, 0) is 43.3 Å². The molecule has 0 aliphatic rings. The number of nitrogens with zero attached hydrogens (tertiary/aromatic N) is 1. The van der Waals surface area contributed by atoms with Crippen LogP contribution in [0.25, 0.3) is 0 Å². The molecule has 1 rings (SSSR count). The van der Waals surface area contributed by atoms with Crippen LogP contribution in [0.1, 0.15) is 39.5 Å². The smallest absolute Gasteiger partial charge is 0.173 e. The quantitative estimate of drug-likeness (QED) is 0.655. The maximum absolute atomic E-state index is 6.16. The minimum Gasteiger partial charge on any atom is -0.349 e. The molecule has 112 valence electrons. The van der Waals surface area contributed by atoms with Crippen molar-refractivity contribution in [2.24, 2.45) is 0 Å². The average molecular weight is 333 g/mol. The van der Waals surface area contributed by atoms with Gasteiger partial charge in [-0.25, -0.2) is 0 Å². The van der Waals surface area contributed by atoms with Crippen molar-refractivity contribution >= 4 is 46.2 Å². The molecule has 0 fully saturated rings. The summed E-state index contributed by atoms with van der Waals surface area (Å²) < 4.78 is 0. The second-order valence-corrected chi connectivity index (χ2v) is 5.98. The lowest BCUT2D eigenvalue weighted by molar-refractivity contribution is 0.403. The van der Waals surface area contributed by atoms with E-state index in [4.69, 9.17) is 35.4 Å². The normalized spacial score (nSPS) is 10.4. The third-order valence-corrected chi connectivity index (χ3v) is 3.93.